The van der Waals surface area contributed by atoms with Crippen LogP contribution in [0, 0.1) is 11.2 Å². The third kappa shape index (κ3) is 3.72. The molecule has 2 fully saturated rings. The van der Waals surface area contributed by atoms with Crippen LogP contribution in [0.25, 0.3) is 11.3 Å². The zero-order valence-electron chi connectivity index (χ0n) is 14.9. The molecule has 1 spiro atoms. The molecule has 0 radical (unpaired) electrons. The Morgan fingerprint density at radius 2 is 2.26 bits per heavy atom. The molecule has 1 aromatic heterocycles. The van der Waals surface area contributed by atoms with Gasteiger partial charge in [0.25, 0.3) is 5.91 Å². The van der Waals surface area contributed by atoms with Crippen molar-refractivity contribution in [1.82, 2.24) is 20.4 Å². The summed E-state index contributed by atoms with van der Waals surface area (Å²) in [7, 11) is 0. The van der Waals surface area contributed by atoms with Crippen molar-refractivity contribution in [3.63, 3.8) is 0 Å². The summed E-state index contributed by atoms with van der Waals surface area (Å²) in [5, 5.41) is 20.7. The zero-order chi connectivity index (χ0) is 18.1. The van der Waals surface area contributed by atoms with E-state index in [1.165, 1.54) is 18.3 Å². The second-order valence-electron chi connectivity index (χ2n) is 7.34. The summed E-state index contributed by atoms with van der Waals surface area (Å²) in [6.45, 7) is 2.71. The fourth-order valence-corrected chi connectivity index (χ4v) is 4.23. The first-order valence-corrected chi connectivity index (χ1v) is 9.06. The molecule has 0 aliphatic carbocycles. The molecule has 2 saturated heterocycles. The number of aliphatic hydroxyl groups is 1. The number of rotatable bonds is 2. The first-order chi connectivity index (χ1) is 12.6. The number of amides is 1. The lowest BCUT2D eigenvalue weighted by atomic mass is 9.72. The van der Waals surface area contributed by atoms with Crippen LogP contribution in [0.1, 0.15) is 29.6 Å². The average Bonchev–Trinajstić information content (AvgIpc) is 3.14. The molecule has 2 aliphatic heterocycles. The lowest BCUT2D eigenvalue weighted by molar-refractivity contribution is -0.0432. The van der Waals surface area contributed by atoms with Gasteiger partial charge in [0.05, 0.1) is 23.6 Å². The van der Waals surface area contributed by atoms with Crippen molar-refractivity contribution in [1.29, 1.82) is 0 Å². The van der Waals surface area contributed by atoms with Crippen LogP contribution in [0.4, 0.5) is 4.39 Å². The van der Waals surface area contributed by atoms with Gasteiger partial charge in [-0.2, -0.15) is 5.10 Å². The van der Waals surface area contributed by atoms with Gasteiger partial charge in [0.2, 0.25) is 0 Å². The molecule has 4 rings (SSSR count). The Morgan fingerprint density at radius 3 is 3.04 bits per heavy atom. The topological polar surface area (TPSA) is 81.2 Å². The number of nitrogens with zero attached hydrogens (tertiary/aromatic N) is 2. The van der Waals surface area contributed by atoms with E-state index >= 15 is 0 Å². The normalized spacial score (nSPS) is 25.3. The van der Waals surface area contributed by atoms with E-state index in [0.29, 0.717) is 36.3 Å². The molecule has 1 aromatic carbocycles. The summed E-state index contributed by atoms with van der Waals surface area (Å²) in [5.74, 6) is -0.487. The third-order valence-electron chi connectivity index (χ3n) is 5.66. The number of piperidine rings is 2. The van der Waals surface area contributed by atoms with Crippen LogP contribution in [0.5, 0.6) is 0 Å². The maximum atomic E-state index is 13.6. The molecule has 0 saturated carbocycles. The van der Waals surface area contributed by atoms with Gasteiger partial charge in [-0.3, -0.25) is 9.89 Å². The van der Waals surface area contributed by atoms with Crippen LogP contribution in [-0.4, -0.2) is 58.4 Å². The molecule has 0 unspecified atom stereocenters. The van der Waals surface area contributed by atoms with Crippen molar-refractivity contribution in [3.8, 4) is 11.3 Å². The number of benzene rings is 1. The highest BCUT2D eigenvalue weighted by molar-refractivity contribution is 5.99. The third-order valence-corrected chi connectivity index (χ3v) is 5.66. The smallest absolute Gasteiger partial charge is 0.257 e. The lowest BCUT2D eigenvalue weighted by Crippen LogP contribution is -2.58. The summed E-state index contributed by atoms with van der Waals surface area (Å²) in [4.78, 5) is 14.9. The van der Waals surface area contributed by atoms with Crippen LogP contribution in [0.2, 0.25) is 0 Å². The van der Waals surface area contributed by atoms with Crippen molar-refractivity contribution in [2.75, 3.05) is 26.2 Å². The number of H-pyrrole nitrogens is 1. The van der Waals surface area contributed by atoms with Crippen molar-refractivity contribution in [2.45, 2.75) is 25.4 Å². The summed E-state index contributed by atoms with van der Waals surface area (Å²) in [5.41, 5.74) is 1.27. The number of likely N-dealkylation sites (tertiary alicyclic amines) is 1. The molecule has 27 heavy (non-hydrogen) atoms. The molecule has 8 heteroatoms. The fourth-order valence-electron chi connectivity index (χ4n) is 4.23. The highest BCUT2D eigenvalue weighted by Gasteiger charge is 2.44. The van der Waals surface area contributed by atoms with E-state index in [0.717, 1.165) is 25.9 Å². The summed E-state index contributed by atoms with van der Waals surface area (Å²) >= 11 is 0. The predicted molar refractivity (Wildman–Crippen MR) is 102 cm³/mol. The number of halogens is 2. The van der Waals surface area contributed by atoms with Crippen LogP contribution in [-0.2, 0) is 0 Å². The van der Waals surface area contributed by atoms with Crippen molar-refractivity contribution in [2.24, 2.45) is 5.41 Å². The first kappa shape index (κ1) is 19.8. The van der Waals surface area contributed by atoms with Crippen LogP contribution < -0.4 is 5.32 Å². The quantitative estimate of drug-likeness (QED) is 0.729. The summed E-state index contributed by atoms with van der Waals surface area (Å²) in [6, 6.07) is 6.11. The minimum Gasteiger partial charge on any atom is -0.392 e. The van der Waals surface area contributed by atoms with E-state index in [1.807, 2.05) is 0 Å². The SMILES string of the molecule is Cl.O=C(c1cn[nH]c1-c1cccc(F)c1)N1CCC[C@]2(CNCC[C@@H]2O)C1. The van der Waals surface area contributed by atoms with Gasteiger partial charge in [-0.15, -0.1) is 12.4 Å². The minimum absolute atomic E-state index is 0. The largest absolute Gasteiger partial charge is 0.392 e. The number of aromatic nitrogens is 2. The average molecular weight is 395 g/mol. The molecule has 6 nitrogen and oxygen atoms in total. The second-order valence-corrected chi connectivity index (χ2v) is 7.34. The number of nitrogens with one attached hydrogen (secondary N) is 2. The van der Waals surface area contributed by atoms with Crippen molar-refractivity contribution >= 4 is 18.3 Å². The lowest BCUT2D eigenvalue weighted by Gasteiger charge is -2.48. The number of carbonyl (C=O) groups excluding carboxylic acids is 1. The number of aromatic amines is 1. The Morgan fingerprint density at radius 1 is 1.41 bits per heavy atom. The predicted octanol–water partition coefficient (Wildman–Crippen LogP) is 2.21. The Kier molecular flexibility index (Phi) is 5.83. The second kappa shape index (κ2) is 7.96. The van der Waals surface area contributed by atoms with Gasteiger partial charge in [0, 0.05) is 30.6 Å². The van der Waals surface area contributed by atoms with Gasteiger partial charge in [0.1, 0.15) is 5.82 Å². The zero-order valence-corrected chi connectivity index (χ0v) is 15.8. The molecule has 2 atom stereocenters. The monoisotopic (exact) mass is 394 g/mol. The minimum atomic E-state index is -0.397. The van der Waals surface area contributed by atoms with E-state index in [-0.39, 0.29) is 29.5 Å². The Hall–Kier alpha value is -1.96. The highest BCUT2D eigenvalue weighted by Crippen LogP contribution is 2.37. The summed E-state index contributed by atoms with van der Waals surface area (Å²) < 4.78 is 13.6. The fraction of sp³-hybridized carbons (Fsp3) is 0.474. The van der Waals surface area contributed by atoms with Crippen LogP contribution in [0.15, 0.2) is 30.5 Å². The van der Waals surface area contributed by atoms with E-state index < -0.39 is 6.10 Å². The van der Waals surface area contributed by atoms with E-state index in [2.05, 4.69) is 15.5 Å². The van der Waals surface area contributed by atoms with Crippen molar-refractivity contribution in [3.05, 3.63) is 41.8 Å². The number of hydrogen-bond acceptors (Lipinski definition) is 4. The molecule has 3 heterocycles. The maximum absolute atomic E-state index is 13.6. The van der Waals surface area contributed by atoms with Crippen LogP contribution in [0.3, 0.4) is 0 Å². The van der Waals surface area contributed by atoms with Gasteiger partial charge in [-0.25, -0.2) is 4.39 Å². The maximum Gasteiger partial charge on any atom is 0.257 e. The molecule has 2 aromatic rings. The molecule has 0 bridgehead atoms. The Labute approximate surface area is 163 Å². The molecular weight excluding hydrogens is 371 g/mol. The number of hydrogen-bond donors (Lipinski definition) is 3. The Bertz CT molecular complexity index is 811. The molecule has 2 aliphatic rings. The number of carbonyl (C=O) groups is 1. The first-order valence-electron chi connectivity index (χ1n) is 9.06. The van der Waals surface area contributed by atoms with Gasteiger partial charge in [-0.1, -0.05) is 12.1 Å². The van der Waals surface area contributed by atoms with E-state index in [1.54, 1.807) is 17.0 Å². The molecular formula is C19H24ClFN4O2. The van der Waals surface area contributed by atoms with Crippen molar-refractivity contribution < 1.29 is 14.3 Å². The van der Waals surface area contributed by atoms with Gasteiger partial charge in [-0.05, 0) is 37.9 Å². The van der Waals surface area contributed by atoms with Gasteiger partial charge in [0.15, 0.2) is 0 Å². The van der Waals surface area contributed by atoms with Gasteiger partial charge < -0.3 is 15.3 Å². The standard InChI is InChI=1S/C19H23FN4O2.ClH/c20-14-4-1-3-13(9-14)17-15(10-22-23-17)18(26)24-8-2-6-19(12-24)11-21-7-5-16(19)25;/h1,3-4,9-10,16,21,25H,2,5-8,11-12H2,(H,22,23);1H/t16-,19-;/m0./s1. The van der Waals surface area contributed by atoms with E-state index in [9.17, 15) is 14.3 Å². The Balaban J connectivity index is 0.00000210. The number of aliphatic hydroxyl groups excluding tert-OH is 1. The molecule has 3 N–H and O–H groups in total. The highest BCUT2D eigenvalue weighted by atomic mass is 35.5. The van der Waals surface area contributed by atoms with E-state index in [4.69, 9.17) is 0 Å². The van der Waals surface area contributed by atoms with Crippen LogP contribution >= 0.6 is 12.4 Å². The van der Waals surface area contributed by atoms with Gasteiger partial charge >= 0.3 is 0 Å². The summed E-state index contributed by atoms with van der Waals surface area (Å²) in [6.07, 6.45) is 3.58. The molecule has 1 amide bonds. The molecule has 146 valence electrons.